The van der Waals surface area contributed by atoms with Crippen molar-refractivity contribution in [3.63, 3.8) is 0 Å². The number of amides is 1. The molecule has 0 radical (unpaired) electrons. The lowest BCUT2D eigenvalue weighted by Gasteiger charge is -2.17. The van der Waals surface area contributed by atoms with E-state index in [1.165, 1.54) is 26.4 Å². The van der Waals surface area contributed by atoms with Crippen molar-refractivity contribution in [2.45, 2.75) is 11.7 Å². The number of hydrogen-bond acceptors (Lipinski definition) is 8. The summed E-state index contributed by atoms with van der Waals surface area (Å²) in [4.78, 5) is 24.2. The van der Waals surface area contributed by atoms with Gasteiger partial charge in [0.05, 0.1) is 14.2 Å². The summed E-state index contributed by atoms with van der Waals surface area (Å²) in [6.45, 7) is 0. The molecule has 144 valence electrons. The number of fused-ring (bicyclic) bond motifs is 1. The first-order valence-corrected chi connectivity index (χ1v) is 8.71. The van der Waals surface area contributed by atoms with E-state index in [1.54, 1.807) is 0 Å². The van der Waals surface area contributed by atoms with Gasteiger partial charge in [0.15, 0.2) is 5.82 Å². The van der Waals surface area contributed by atoms with E-state index in [1.807, 2.05) is 0 Å². The zero-order valence-electron chi connectivity index (χ0n) is 13.8. The fraction of sp³-hybridized carbons (Fsp3) is 0.286. The maximum atomic E-state index is 14.3. The van der Waals surface area contributed by atoms with Crippen LogP contribution in [-0.2, 0) is 14.8 Å². The number of ether oxygens (including phenoxy) is 2. The Labute approximate surface area is 150 Å². The molecule has 1 unspecified atom stereocenters. The number of sulfonamides is 1. The summed E-state index contributed by atoms with van der Waals surface area (Å²) < 4.78 is 73.8. The highest BCUT2D eigenvalue weighted by atomic mass is 32.2. The first-order valence-electron chi connectivity index (χ1n) is 7.20. The molecule has 1 atom stereocenters. The fourth-order valence-electron chi connectivity index (χ4n) is 2.59. The molecule has 0 N–H and O–H groups in total. The average Bonchev–Trinajstić information content (AvgIpc) is 2.94. The number of aromatic nitrogens is 3. The Morgan fingerprint density at radius 2 is 1.70 bits per heavy atom. The van der Waals surface area contributed by atoms with Gasteiger partial charge in [0.1, 0.15) is 17.4 Å². The maximum absolute atomic E-state index is 14.3. The summed E-state index contributed by atoms with van der Waals surface area (Å²) in [5.74, 6) is -8.38. The molecular weight excluding hydrogens is 393 g/mol. The molecule has 0 saturated carbocycles. The zero-order valence-corrected chi connectivity index (χ0v) is 14.6. The Bertz CT molecular complexity index is 996. The van der Waals surface area contributed by atoms with Crippen LogP contribution in [0.3, 0.4) is 0 Å². The lowest BCUT2D eigenvalue weighted by atomic mass is 10.00. The van der Waals surface area contributed by atoms with Gasteiger partial charge in [-0.05, 0) is 6.07 Å². The van der Waals surface area contributed by atoms with Crippen molar-refractivity contribution in [2.24, 2.45) is 0 Å². The van der Waals surface area contributed by atoms with Crippen molar-refractivity contribution in [2.75, 3.05) is 18.5 Å². The van der Waals surface area contributed by atoms with E-state index < -0.39 is 39.1 Å². The smallest absolute Gasteiger partial charge is 0.355 e. The molecule has 2 aromatic rings. The molecule has 0 spiro atoms. The highest BCUT2D eigenvalue weighted by molar-refractivity contribution is 7.93. The van der Waals surface area contributed by atoms with E-state index >= 15 is 0 Å². The van der Waals surface area contributed by atoms with Crippen molar-refractivity contribution in [3.8, 4) is 12.0 Å². The van der Waals surface area contributed by atoms with Crippen LogP contribution in [0.25, 0.3) is 0 Å². The fourth-order valence-corrected chi connectivity index (χ4v) is 3.55. The molecule has 0 aliphatic carbocycles. The van der Waals surface area contributed by atoms with Gasteiger partial charge in [0.2, 0.25) is 0 Å². The minimum atomic E-state index is -5.46. The second kappa shape index (κ2) is 6.64. The molecule has 1 aliphatic heterocycles. The summed E-state index contributed by atoms with van der Waals surface area (Å²) in [6.07, 6.45) is 0. The molecule has 1 aliphatic rings. The molecule has 0 fully saturated rings. The predicted molar refractivity (Wildman–Crippen MR) is 83.6 cm³/mol. The molecule has 2 heterocycles. The third-order valence-electron chi connectivity index (χ3n) is 3.69. The minimum absolute atomic E-state index is 0.195. The maximum Gasteiger partial charge on any atom is 0.355 e. The van der Waals surface area contributed by atoms with E-state index in [2.05, 4.69) is 15.0 Å². The lowest BCUT2D eigenvalue weighted by Crippen LogP contribution is -2.39. The summed E-state index contributed by atoms with van der Waals surface area (Å²) in [7, 11) is -3.02. The molecule has 13 heteroatoms. The largest absolute Gasteiger partial charge is 0.467 e. The molecule has 1 aromatic heterocycles. The van der Waals surface area contributed by atoms with Crippen LogP contribution in [0.1, 0.15) is 17.3 Å². The van der Waals surface area contributed by atoms with Gasteiger partial charge in [-0.15, -0.1) is 4.98 Å². The van der Waals surface area contributed by atoms with Gasteiger partial charge < -0.3 is 9.47 Å². The SMILES string of the molecule is COc1nc(OC)nc(C2C(=O)N(S(=O)(=O)C(F)F)c3c(F)cccc32)n1. The zero-order chi connectivity index (χ0) is 19.9. The quantitative estimate of drug-likeness (QED) is 0.727. The molecular formula is C14H11F3N4O5S. The average molecular weight is 404 g/mol. The number of hydrogen-bond donors (Lipinski definition) is 0. The normalized spacial score (nSPS) is 16.6. The Morgan fingerprint density at radius 3 is 2.22 bits per heavy atom. The molecule has 27 heavy (non-hydrogen) atoms. The van der Waals surface area contributed by atoms with E-state index in [0.29, 0.717) is 0 Å². The van der Waals surface area contributed by atoms with E-state index in [0.717, 1.165) is 6.07 Å². The van der Waals surface area contributed by atoms with E-state index in [4.69, 9.17) is 9.47 Å². The summed E-state index contributed by atoms with van der Waals surface area (Å²) >= 11 is 0. The number of rotatable bonds is 5. The number of benzene rings is 1. The Kier molecular flexibility index (Phi) is 4.63. The topological polar surface area (TPSA) is 112 Å². The van der Waals surface area contributed by atoms with Crippen LogP contribution in [-0.4, -0.2) is 49.3 Å². The van der Waals surface area contributed by atoms with E-state index in [-0.39, 0.29) is 27.7 Å². The minimum Gasteiger partial charge on any atom is -0.467 e. The molecule has 1 amide bonds. The second-order valence-electron chi connectivity index (χ2n) is 5.19. The molecule has 9 nitrogen and oxygen atoms in total. The van der Waals surface area contributed by atoms with Gasteiger partial charge in [-0.1, -0.05) is 12.1 Å². The van der Waals surface area contributed by atoms with Crippen LogP contribution in [0.2, 0.25) is 0 Å². The number of carbonyl (C=O) groups is 1. The van der Waals surface area contributed by atoms with Gasteiger partial charge >= 0.3 is 27.8 Å². The van der Waals surface area contributed by atoms with Gasteiger partial charge in [0, 0.05) is 5.56 Å². The Morgan fingerprint density at radius 1 is 1.11 bits per heavy atom. The highest BCUT2D eigenvalue weighted by Crippen LogP contribution is 2.44. The Hall–Kier alpha value is -2.96. The van der Waals surface area contributed by atoms with Crippen LogP contribution in [0.4, 0.5) is 18.9 Å². The van der Waals surface area contributed by atoms with Crippen LogP contribution < -0.4 is 13.8 Å². The van der Waals surface area contributed by atoms with Crippen LogP contribution >= 0.6 is 0 Å². The van der Waals surface area contributed by atoms with Gasteiger partial charge in [-0.2, -0.15) is 31.5 Å². The molecule has 1 aromatic carbocycles. The van der Waals surface area contributed by atoms with Crippen LogP contribution in [0.15, 0.2) is 18.2 Å². The third-order valence-corrected chi connectivity index (χ3v) is 5.02. The molecule has 0 saturated heterocycles. The van der Waals surface area contributed by atoms with Crippen molar-refractivity contribution in [3.05, 3.63) is 35.4 Å². The van der Waals surface area contributed by atoms with Crippen molar-refractivity contribution in [1.82, 2.24) is 15.0 Å². The molecule has 3 rings (SSSR count). The van der Waals surface area contributed by atoms with E-state index in [9.17, 15) is 26.4 Å². The highest BCUT2D eigenvalue weighted by Gasteiger charge is 2.50. The summed E-state index contributed by atoms with van der Waals surface area (Å²) in [5, 5.41) is 0. The van der Waals surface area contributed by atoms with Gasteiger partial charge in [-0.25, -0.2) is 4.39 Å². The first kappa shape index (κ1) is 18.8. The third kappa shape index (κ3) is 2.93. The van der Waals surface area contributed by atoms with Crippen molar-refractivity contribution >= 4 is 21.6 Å². The number of carbonyl (C=O) groups excluding carboxylic acids is 1. The van der Waals surface area contributed by atoms with Crippen LogP contribution in [0.5, 0.6) is 12.0 Å². The van der Waals surface area contributed by atoms with Crippen LogP contribution in [0, 0.1) is 5.82 Å². The monoisotopic (exact) mass is 404 g/mol. The number of methoxy groups -OCH3 is 2. The summed E-state index contributed by atoms with van der Waals surface area (Å²) in [5.41, 5.74) is -0.995. The number of anilines is 1. The van der Waals surface area contributed by atoms with Gasteiger partial charge in [-0.3, -0.25) is 4.79 Å². The predicted octanol–water partition coefficient (Wildman–Crippen LogP) is 1.06. The first-order chi connectivity index (χ1) is 12.7. The molecule has 0 bridgehead atoms. The lowest BCUT2D eigenvalue weighted by molar-refractivity contribution is -0.117. The van der Waals surface area contributed by atoms with Gasteiger partial charge in [0.25, 0.3) is 5.91 Å². The number of alkyl halides is 2. The van der Waals surface area contributed by atoms with Crippen molar-refractivity contribution < 1.29 is 35.9 Å². The number of nitrogens with zero attached hydrogens (tertiary/aromatic N) is 4. The standard InChI is InChI=1S/C14H11F3N4O5S/c1-25-13-18-10(19-14(20-13)26-2)8-6-4-3-5-7(15)9(6)21(11(8)22)27(23,24)12(16)17/h3-5,8,12H,1-2H3. The Balaban J connectivity index is 2.26. The second-order valence-corrected chi connectivity index (χ2v) is 6.94. The number of para-hydroxylation sites is 1. The summed E-state index contributed by atoms with van der Waals surface area (Å²) in [6, 6.07) is 2.72. The number of halogens is 3. The van der Waals surface area contributed by atoms with Crippen molar-refractivity contribution in [1.29, 1.82) is 0 Å².